The van der Waals surface area contributed by atoms with Gasteiger partial charge >= 0.3 is 11.5 Å². The summed E-state index contributed by atoms with van der Waals surface area (Å²) < 4.78 is 8.83. The van der Waals surface area contributed by atoms with Crippen LogP contribution in [0.4, 0.5) is 9.59 Å². The van der Waals surface area contributed by atoms with Crippen molar-refractivity contribution in [1.29, 1.82) is 0 Å². The summed E-state index contributed by atoms with van der Waals surface area (Å²) in [7, 11) is 0. The van der Waals surface area contributed by atoms with E-state index >= 15 is 0 Å². The maximum Gasteiger partial charge on any atom is 0.411 e. The van der Waals surface area contributed by atoms with Crippen molar-refractivity contribution < 1.29 is 19.1 Å². The van der Waals surface area contributed by atoms with Crippen molar-refractivity contribution in [3.05, 3.63) is 71.8 Å². The molecule has 2 rings (SSSR count). The van der Waals surface area contributed by atoms with Gasteiger partial charge in [-0.2, -0.15) is 0 Å². The van der Waals surface area contributed by atoms with E-state index in [0.717, 1.165) is 11.1 Å². The molecule has 2 aromatic carbocycles. The van der Waals surface area contributed by atoms with E-state index in [0.29, 0.717) is 13.1 Å². The predicted molar refractivity (Wildman–Crippen MR) is 102 cm³/mol. The number of ether oxygens (including phenoxy) is 2. The van der Waals surface area contributed by atoms with Crippen molar-refractivity contribution in [3.63, 3.8) is 0 Å². The van der Waals surface area contributed by atoms with Gasteiger partial charge in [0.25, 0.3) is 0 Å². The van der Waals surface area contributed by atoms with Gasteiger partial charge in [-0.25, -0.2) is 9.59 Å². The summed E-state index contributed by atoms with van der Waals surface area (Å²) in [5, 5.41) is 0. The van der Waals surface area contributed by atoms with Gasteiger partial charge in [0.05, 0.1) is 0 Å². The molecule has 1 amide bonds. The second-order valence-corrected chi connectivity index (χ2v) is 5.58. The zero-order chi connectivity index (χ0) is 19.2. The first-order chi connectivity index (χ1) is 12.6. The highest BCUT2D eigenvalue weighted by Crippen LogP contribution is 2.11. The molecule has 0 aliphatic rings. The maximum absolute atomic E-state index is 12.0. The second-order valence-electron chi connectivity index (χ2n) is 4.84. The number of carbonyl (C=O) groups is 2. The molecule has 0 saturated heterocycles. The molecule has 0 aromatic heterocycles. The lowest BCUT2D eigenvalue weighted by molar-refractivity contribution is 0.112. The minimum Gasteiger partial charge on any atom is -0.437 e. The van der Waals surface area contributed by atoms with E-state index in [9.17, 15) is 9.59 Å². The van der Waals surface area contributed by atoms with Crippen LogP contribution in [0.2, 0.25) is 0 Å². The lowest BCUT2D eigenvalue weighted by Gasteiger charge is -2.21. The van der Waals surface area contributed by atoms with Crippen LogP contribution < -0.4 is 0 Å². The van der Waals surface area contributed by atoms with Gasteiger partial charge in [-0.15, -0.1) is 0 Å². The minimum absolute atomic E-state index is 0.140. The summed E-state index contributed by atoms with van der Waals surface area (Å²) in [5.41, 5.74) is 1.23. The highest BCUT2D eigenvalue weighted by molar-refractivity contribution is 6.61. The third kappa shape index (κ3) is 9.51. The van der Waals surface area contributed by atoms with Crippen molar-refractivity contribution in [3.8, 4) is 0 Å². The number of hydrogen-bond donors (Lipinski definition) is 0. The molecule has 0 atom stereocenters. The molecule has 0 N–H and O–H groups in total. The Hall–Kier alpha value is -1.95. The monoisotopic (exact) mass is 417 g/mol. The molecule has 5 nitrogen and oxygen atoms in total. The average Bonchev–Trinajstić information content (AvgIpc) is 2.63. The van der Waals surface area contributed by atoms with Crippen molar-refractivity contribution in [2.45, 2.75) is 13.1 Å². The number of alkyl halides is 2. The Morgan fingerprint density at radius 1 is 0.769 bits per heavy atom. The fraction of sp³-hybridized carbons (Fsp3) is 0.222. The van der Waals surface area contributed by atoms with Gasteiger partial charge in [0, 0.05) is 24.7 Å². The molecule has 0 bridgehead atoms. The smallest absolute Gasteiger partial charge is 0.411 e. The molecule has 0 fully saturated rings. The Balaban J connectivity index is 0.000000487. The van der Waals surface area contributed by atoms with Crippen molar-refractivity contribution in [2.24, 2.45) is 0 Å². The zero-order valence-corrected chi connectivity index (χ0v) is 16.1. The SMILES string of the molecule is O=C(Cl)OCCl.O=C(OCCl)N(Cc1ccccc1)Cc1ccccc1. The van der Waals surface area contributed by atoms with Gasteiger partial charge in [0.1, 0.15) is 0 Å². The van der Waals surface area contributed by atoms with Crippen LogP contribution in [0.25, 0.3) is 0 Å². The fourth-order valence-electron chi connectivity index (χ4n) is 1.97. The summed E-state index contributed by atoms with van der Waals surface area (Å²) in [4.78, 5) is 23.1. The van der Waals surface area contributed by atoms with E-state index in [2.05, 4.69) is 16.3 Å². The molecule has 0 aliphatic heterocycles. The number of benzene rings is 2. The molecule has 8 heteroatoms. The fourth-order valence-corrected chi connectivity index (χ4v) is 2.28. The molecular weight excluding hydrogens is 401 g/mol. The maximum atomic E-state index is 12.0. The molecular formula is C18H18Cl3NO4. The quantitative estimate of drug-likeness (QED) is 0.454. The number of rotatable bonds is 6. The van der Waals surface area contributed by atoms with E-state index in [4.69, 9.17) is 27.9 Å². The Bertz CT molecular complexity index is 615. The van der Waals surface area contributed by atoms with Crippen LogP contribution in [-0.2, 0) is 22.6 Å². The standard InChI is InChI=1S/C16H16ClNO2.C2H2Cl2O2/c17-13-20-16(19)18(11-14-7-3-1-4-8-14)12-15-9-5-2-6-10-15;3-1-6-2(4)5/h1-10H,11-13H2;1H2. The summed E-state index contributed by atoms with van der Waals surface area (Å²) in [5.74, 6) is 0. The van der Waals surface area contributed by atoms with E-state index in [-0.39, 0.29) is 12.1 Å². The summed E-state index contributed by atoms with van der Waals surface area (Å²) in [6, 6.07) is 19.3. The Labute approximate surface area is 167 Å². The normalized spacial score (nSPS) is 9.50. The Morgan fingerprint density at radius 3 is 1.50 bits per heavy atom. The molecule has 26 heavy (non-hydrogen) atoms. The summed E-state index contributed by atoms with van der Waals surface area (Å²) in [6.45, 7) is 0.983. The van der Waals surface area contributed by atoms with Crippen molar-refractivity contribution in [2.75, 3.05) is 12.1 Å². The van der Waals surface area contributed by atoms with Crippen LogP contribution in [0.3, 0.4) is 0 Å². The molecule has 2 aromatic rings. The van der Waals surface area contributed by atoms with Gasteiger partial charge < -0.3 is 9.47 Å². The number of hydrogen-bond acceptors (Lipinski definition) is 4. The van der Waals surface area contributed by atoms with E-state index in [1.165, 1.54) is 0 Å². The molecule has 140 valence electrons. The number of halogens is 3. The van der Waals surface area contributed by atoms with Crippen LogP contribution in [0.5, 0.6) is 0 Å². The molecule has 0 spiro atoms. The van der Waals surface area contributed by atoms with Crippen LogP contribution in [0.15, 0.2) is 60.7 Å². The number of amides is 1. The van der Waals surface area contributed by atoms with Gasteiger partial charge in [0.2, 0.25) is 0 Å². The van der Waals surface area contributed by atoms with Gasteiger partial charge in [-0.1, -0.05) is 83.9 Å². The molecule has 0 saturated carbocycles. The largest absolute Gasteiger partial charge is 0.437 e. The van der Waals surface area contributed by atoms with Crippen LogP contribution >= 0.6 is 34.8 Å². The predicted octanol–water partition coefficient (Wildman–Crippen LogP) is 5.58. The third-order valence-corrected chi connectivity index (χ3v) is 3.36. The molecule has 0 heterocycles. The van der Waals surface area contributed by atoms with Crippen LogP contribution in [0.1, 0.15) is 11.1 Å². The Morgan fingerprint density at radius 2 is 1.19 bits per heavy atom. The first kappa shape index (κ1) is 22.1. The number of carbonyl (C=O) groups excluding carboxylic acids is 2. The highest BCUT2D eigenvalue weighted by atomic mass is 35.5. The zero-order valence-electron chi connectivity index (χ0n) is 13.8. The lowest BCUT2D eigenvalue weighted by Crippen LogP contribution is -2.30. The van der Waals surface area contributed by atoms with Gasteiger partial charge in [-0.3, -0.25) is 4.90 Å². The molecule has 0 unspecified atom stereocenters. The highest BCUT2D eigenvalue weighted by Gasteiger charge is 2.15. The van der Waals surface area contributed by atoms with Gasteiger partial charge in [0.15, 0.2) is 12.1 Å². The molecule has 0 radical (unpaired) electrons. The first-order valence-corrected chi connectivity index (χ1v) is 8.95. The second kappa shape index (κ2) is 13.3. The summed E-state index contributed by atoms with van der Waals surface area (Å²) in [6.07, 6.45) is -0.410. The minimum atomic E-state index is -0.870. The number of nitrogens with zero attached hydrogens (tertiary/aromatic N) is 1. The van der Waals surface area contributed by atoms with Crippen LogP contribution in [-0.4, -0.2) is 28.6 Å². The van der Waals surface area contributed by atoms with E-state index < -0.39 is 11.5 Å². The van der Waals surface area contributed by atoms with E-state index in [1.807, 2.05) is 60.7 Å². The van der Waals surface area contributed by atoms with Crippen molar-refractivity contribution in [1.82, 2.24) is 4.90 Å². The molecule has 0 aliphatic carbocycles. The first-order valence-electron chi connectivity index (χ1n) is 7.50. The lowest BCUT2D eigenvalue weighted by atomic mass is 10.2. The topological polar surface area (TPSA) is 55.8 Å². The average molecular weight is 419 g/mol. The Kier molecular flexibility index (Phi) is 11.3. The van der Waals surface area contributed by atoms with Crippen LogP contribution in [0, 0.1) is 0 Å². The summed E-state index contributed by atoms with van der Waals surface area (Å²) >= 11 is 15.0. The third-order valence-electron chi connectivity index (χ3n) is 3.04. The van der Waals surface area contributed by atoms with Crippen molar-refractivity contribution >= 4 is 46.3 Å². The van der Waals surface area contributed by atoms with Gasteiger partial charge in [-0.05, 0) is 11.1 Å². The van der Waals surface area contributed by atoms with E-state index in [1.54, 1.807) is 4.90 Å².